The average molecular weight is 419 g/mol. The molecule has 2 aromatic rings. The number of nitrogens with one attached hydrogen (secondary N) is 1. The second-order valence-electron chi connectivity index (χ2n) is 6.61. The van der Waals surface area contributed by atoms with E-state index in [2.05, 4.69) is 5.32 Å². The van der Waals surface area contributed by atoms with Crippen LogP contribution in [0.2, 0.25) is 0 Å². The van der Waals surface area contributed by atoms with Gasteiger partial charge in [0, 0.05) is 5.69 Å². The SMILES string of the molecule is CCOC(=O)c1ccc(NC(=O)C(CC)N(c2cccc(C)c2)S(C)(=O)=O)cc1. The van der Waals surface area contributed by atoms with Crippen molar-refractivity contribution in [3.63, 3.8) is 0 Å². The third-order valence-electron chi connectivity index (χ3n) is 4.25. The van der Waals surface area contributed by atoms with Crippen LogP contribution in [0.25, 0.3) is 0 Å². The molecule has 8 heteroatoms. The van der Waals surface area contributed by atoms with Crippen LogP contribution >= 0.6 is 0 Å². The first-order chi connectivity index (χ1) is 13.7. The Morgan fingerprint density at radius 1 is 1.10 bits per heavy atom. The maximum atomic E-state index is 12.9. The van der Waals surface area contributed by atoms with Crippen LogP contribution in [0.3, 0.4) is 0 Å². The fourth-order valence-corrected chi connectivity index (χ4v) is 4.16. The zero-order valence-electron chi connectivity index (χ0n) is 17.0. The monoisotopic (exact) mass is 418 g/mol. The highest BCUT2D eigenvalue weighted by molar-refractivity contribution is 7.92. The summed E-state index contributed by atoms with van der Waals surface area (Å²) in [6, 6.07) is 12.3. The normalized spacial score (nSPS) is 12.1. The molecule has 0 saturated carbocycles. The lowest BCUT2D eigenvalue weighted by molar-refractivity contribution is -0.117. The van der Waals surface area contributed by atoms with Crippen LogP contribution in [0.5, 0.6) is 0 Å². The van der Waals surface area contributed by atoms with Crippen LogP contribution in [0, 0.1) is 6.92 Å². The molecular formula is C21H26N2O5S. The lowest BCUT2D eigenvalue weighted by Gasteiger charge is -2.30. The van der Waals surface area contributed by atoms with Crippen LogP contribution in [0.1, 0.15) is 36.2 Å². The molecular weight excluding hydrogens is 392 g/mol. The number of hydrogen-bond acceptors (Lipinski definition) is 5. The van der Waals surface area contributed by atoms with Crippen molar-refractivity contribution in [3.8, 4) is 0 Å². The molecule has 2 aromatic carbocycles. The fourth-order valence-electron chi connectivity index (χ4n) is 2.95. The number of anilines is 2. The molecule has 0 aliphatic rings. The number of benzene rings is 2. The van der Waals surface area contributed by atoms with Crippen molar-refractivity contribution in [2.75, 3.05) is 22.5 Å². The molecule has 1 atom stereocenters. The van der Waals surface area contributed by atoms with E-state index in [-0.39, 0.29) is 13.0 Å². The van der Waals surface area contributed by atoms with Gasteiger partial charge in [0.25, 0.3) is 0 Å². The van der Waals surface area contributed by atoms with Gasteiger partial charge in [-0.1, -0.05) is 19.1 Å². The smallest absolute Gasteiger partial charge is 0.338 e. The molecule has 0 aliphatic heterocycles. The number of amides is 1. The summed E-state index contributed by atoms with van der Waals surface area (Å²) in [7, 11) is -3.70. The van der Waals surface area contributed by atoms with E-state index in [4.69, 9.17) is 4.74 Å². The maximum Gasteiger partial charge on any atom is 0.338 e. The predicted octanol–water partition coefficient (Wildman–Crippen LogP) is 3.36. The summed E-state index contributed by atoms with van der Waals surface area (Å²) in [6.45, 7) is 5.60. The molecule has 7 nitrogen and oxygen atoms in total. The first kappa shape index (κ1) is 22.4. The van der Waals surface area contributed by atoms with Crippen LogP contribution in [0.15, 0.2) is 48.5 Å². The van der Waals surface area contributed by atoms with Crippen molar-refractivity contribution in [1.29, 1.82) is 0 Å². The number of rotatable bonds is 8. The number of nitrogens with zero attached hydrogens (tertiary/aromatic N) is 1. The predicted molar refractivity (Wildman–Crippen MR) is 114 cm³/mol. The Labute approximate surface area is 171 Å². The minimum atomic E-state index is -3.70. The standard InChI is InChI=1S/C21H26N2O5S/c1-5-19(23(29(4,26)27)18-9-7-8-15(3)14-18)20(24)22-17-12-10-16(11-13-17)21(25)28-6-2/h7-14,19H,5-6H2,1-4H3,(H,22,24). The molecule has 0 spiro atoms. The first-order valence-electron chi connectivity index (χ1n) is 9.31. The van der Waals surface area contributed by atoms with Crippen molar-refractivity contribution in [1.82, 2.24) is 0 Å². The lowest BCUT2D eigenvalue weighted by Crippen LogP contribution is -2.47. The molecule has 1 amide bonds. The van der Waals surface area contributed by atoms with Gasteiger partial charge >= 0.3 is 5.97 Å². The van der Waals surface area contributed by atoms with E-state index in [0.29, 0.717) is 16.9 Å². The van der Waals surface area contributed by atoms with E-state index in [1.54, 1.807) is 56.3 Å². The van der Waals surface area contributed by atoms with Gasteiger partial charge in [0.05, 0.1) is 24.1 Å². The number of carbonyl (C=O) groups is 2. The molecule has 0 heterocycles. The Hall–Kier alpha value is -2.87. The highest BCUT2D eigenvalue weighted by atomic mass is 32.2. The number of aryl methyl sites for hydroxylation is 1. The Morgan fingerprint density at radius 3 is 2.28 bits per heavy atom. The van der Waals surface area contributed by atoms with Gasteiger partial charge in [-0.05, 0) is 62.2 Å². The van der Waals surface area contributed by atoms with Crippen molar-refractivity contribution >= 4 is 33.3 Å². The second kappa shape index (κ2) is 9.56. The molecule has 156 valence electrons. The minimum Gasteiger partial charge on any atom is -0.462 e. The minimum absolute atomic E-state index is 0.274. The van der Waals surface area contributed by atoms with Crippen LogP contribution < -0.4 is 9.62 Å². The zero-order valence-corrected chi connectivity index (χ0v) is 17.8. The maximum absolute atomic E-state index is 12.9. The highest BCUT2D eigenvalue weighted by Crippen LogP contribution is 2.24. The van der Waals surface area contributed by atoms with Gasteiger partial charge < -0.3 is 10.1 Å². The van der Waals surface area contributed by atoms with Gasteiger partial charge in [0.2, 0.25) is 15.9 Å². The van der Waals surface area contributed by atoms with Crippen LogP contribution in [-0.4, -0.2) is 39.2 Å². The summed E-state index contributed by atoms with van der Waals surface area (Å²) < 4.78 is 31.0. The van der Waals surface area contributed by atoms with Gasteiger partial charge in [-0.15, -0.1) is 0 Å². The summed E-state index contributed by atoms with van der Waals surface area (Å²) in [5.41, 5.74) is 2.15. The Kier molecular flexibility index (Phi) is 7.39. The summed E-state index contributed by atoms with van der Waals surface area (Å²) >= 11 is 0. The summed E-state index contributed by atoms with van der Waals surface area (Å²) in [4.78, 5) is 24.6. The quantitative estimate of drug-likeness (QED) is 0.664. The van der Waals surface area contributed by atoms with Crippen LogP contribution in [-0.2, 0) is 19.6 Å². The summed E-state index contributed by atoms with van der Waals surface area (Å²) in [5, 5.41) is 2.73. The van der Waals surface area contributed by atoms with Gasteiger partial charge in [-0.25, -0.2) is 13.2 Å². The number of esters is 1. The molecule has 0 saturated heterocycles. The van der Waals surface area contributed by atoms with E-state index in [9.17, 15) is 18.0 Å². The number of sulfonamides is 1. The van der Waals surface area contributed by atoms with E-state index < -0.39 is 27.9 Å². The number of ether oxygens (including phenoxy) is 1. The molecule has 0 bridgehead atoms. The van der Waals surface area contributed by atoms with E-state index in [1.165, 1.54) is 0 Å². The van der Waals surface area contributed by atoms with Gasteiger partial charge in [-0.2, -0.15) is 0 Å². The lowest BCUT2D eigenvalue weighted by atomic mass is 10.1. The average Bonchev–Trinajstić information content (AvgIpc) is 2.65. The second-order valence-corrected chi connectivity index (χ2v) is 8.47. The van der Waals surface area contributed by atoms with Crippen molar-refractivity contribution in [2.45, 2.75) is 33.2 Å². The summed E-state index contributed by atoms with van der Waals surface area (Å²) in [6.07, 6.45) is 1.37. The van der Waals surface area contributed by atoms with Crippen LogP contribution in [0.4, 0.5) is 11.4 Å². The number of hydrogen-bond donors (Lipinski definition) is 1. The molecule has 0 aromatic heterocycles. The van der Waals surface area contributed by atoms with E-state index >= 15 is 0 Å². The topological polar surface area (TPSA) is 92.8 Å². The third-order valence-corrected chi connectivity index (χ3v) is 5.43. The largest absolute Gasteiger partial charge is 0.462 e. The van der Waals surface area contributed by atoms with Crippen molar-refractivity contribution in [2.24, 2.45) is 0 Å². The molecule has 0 radical (unpaired) electrons. The fraction of sp³-hybridized carbons (Fsp3) is 0.333. The Balaban J connectivity index is 2.27. The molecule has 1 unspecified atom stereocenters. The van der Waals surface area contributed by atoms with E-state index in [1.807, 2.05) is 13.0 Å². The Bertz CT molecular complexity index is 971. The van der Waals surface area contributed by atoms with Crippen molar-refractivity contribution in [3.05, 3.63) is 59.7 Å². The first-order valence-corrected chi connectivity index (χ1v) is 11.2. The molecule has 0 aliphatic carbocycles. The third kappa shape index (κ3) is 5.80. The number of carbonyl (C=O) groups excluding carboxylic acids is 2. The summed E-state index contributed by atoms with van der Waals surface area (Å²) in [5.74, 6) is -0.900. The molecule has 2 rings (SSSR count). The van der Waals surface area contributed by atoms with E-state index in [0.717, 1.165) is 16.1 Å². The molecule has 0 fully saturated rings. The zero-order chi connectivity index (χ0) is 21.6. The van der Waals surface area contributed by atoms with Crippen molar-refractivity contribution < 1.29 is 22.7 Å². The van der Waals surface area contributed by atoms with Gasteiger partial charge in [0.15, 0.2) is 0 Å². The molecule has 29 heavy (non-hydrogen) atoms. The molecule has 1 N–H and O–H groups in total. The van der Waals surface area contributed by atoms with Gasteiger partial charge in [-0.3, -0.25) is 9.10 Å². The van der Waals surface area contributed by atoms with Gasteiger partial charge in [0.1, 0.15) is 6.04 Å². The highest BCUT2D eigenvalue weighted by Gasteiger charge is 2.31. The Morgan fingerprint density at radius 2 is 1.76 bits per heavy atom.